The van der Waals surface area contributed by atoms with Gasteiger partial charge in [0.05, 0.1) is 5.69 Å². The summed E-state index contributed by atoms with van der Waals surface area (Å²) in [7, 11) is 1.79. The zero-order chi connectivity index (χ0) is 10.9. The fraction of sp³-hybridized carbons (Fsp3) is 0.556. The molecule has 1 heterocycles. The van der Waals surface area contributed by atoms with Crippen molar-refractivity contribution in [3.63, 3.8) is 0 Å². The summed E-state index contributed by atoms with van der Waals surface area (Å²) in [4.78, 5) is 14.9. The van der Waals surface area contributed by atoms with Crippen molar-refractivity contribution in [2.75, 3.05) is 0 Å². The molecule has 0 unspecified atom stereocenters. The molecule has 1 rings (SSSR count). The minimum Gasteiger partial charge on any atom is -0.476 e. The number of rotatable bonds is 3. The van der Waals surface area contributed by atoms with Crippen molar-refractivity contribution in [1.82, 2.24) is 9.55 Å². The predicted octanol–water partition coefficient (Wildman–Crippen LogP) is 0.700. The summed E-state index contributed by atoms with van der Waals surface area (Å²) in [5, 5.41) is 8.88. The molecule has 5 nitrogen and oxygen atoms in total. The molecule has 3 N–H and O–H groups in total. The first kappa shape index (κ1) is 10.7. The van der Waals surface area contributed by atoms with Crippen molar-refractivity contribution in [3.8, 4) is 0 Å². The lowest BCUT2D eigenvalue weighted by atomic mass is 10.2. The molecule has 0 spiro atoms. The molecule has 0 radical (unpaired) electrons. The lowest BCUT2D eigenvalue weighted by Gasteiger charge is -2.06. The van der Waals surface area contributed by atoms with E-state index in [1.807, 2.05) is 13.8 Å². The van der Waals surface area contributed by atoms with Gasteiger partial charge in [-0.3, -0.25) is 0 Å². The number of aromatic carboxylic acids is 1. The van der Waals surface area contributed by atoms with Gasteiger partial charge in [0.1, 0.15) is 5.82 Å². The third kappa shape index (κ3) is 1.63. The molecule has 0 saturated heterocycles. The summed E-state index contributed by atoms with van der Waals surface area (Å²) >= 11 is 0. The van der Waals surface area contributed by atoms with Gasteiger partial charge in [-0.25, -0.2) is 9.78 Å². The van der Waals surface area contributed by atoms with Crippen LogP contribution in [0.2, 0.25) is 0 Å². The number of nitrogens with two attached hydrogens (primary N) is 1. The maximum absolute atomic E-state index is 10.8. The maximum atomic E-state index is 10.8. The maximum Gasteiger partial charge on any atom is 0.356 e. The summed E-state index contributed by atoms with van der Waals surface area (Å²) in [5.41, 5.74) is 6.12. The number of hydrogen-bond acceptors (Lipinski definition) is 3. The van der Waals surface area contributed by atoms with E-state index in [0.29, 0.717) is 5.69 Å². The minimum absolute atomic E-state index is 0.0682. The van der Waals surface area contributed by atoms with Crippen LogP contribution in [0.3, 0.4) is 0 Å². The molecule has 0 aliphatic rings. The molecule has 0 saturated carbocycles. The molecule has 14 heavy (non-hydrogen) atoms. The van der Waals surface area contributed by atoms with Crippen molar-refractivity contribution in [3.05, 3.63) is 17.2 Å². The number of hydrogen-bond donors (Lipinski definition) is 2. The van der Waals surface area contributed by atoms with Crippen LogP contribution in [0.4, 0.5) is 0 Å². The lowest BCUT2D eigenvalue weighted by Crippen LogP contribution is -2.10. The Morgan fingerprint density at radius 2 is 2.21 bits per heavy atom. The molecule has 0 bridgehead atoms. The van der Waals surface area contributed by atoms with Crippen molar-refractivity contribution >= 4 is 5.97 Å². The Kier molecular flexibility index (Phi) is 2.90. The monoisotopic (exact) mass is 197 g/mol. The Labute approximate surface area is 82.6 Å². The molecule has 0 aromatic carbocycles. The predicted molar refractivity (Wildman–Crippen MR) is 52.1 cm³/mol. The van der Waals surface area contributed by atoms with E-state index < -0.39 is 5.97 Å². The zero-order valence-corrected chi connectivity index (χ0v) is 8.61. The third-order valence-electron chi connectivity index (χ3n) is 2.16. The van der Waals surface area contributed by atoms with Gasteiger partial charge in [-0.15, -0.1) is 0 Å². The number of carbonyl (C=O) groups is 1. The van der Waals surface area contributed by atoms with Crippen LogP contribution in [0, 0.1) is 0 Å². The van der Waals surface area contributed by atoms with Crippen LogP contribution in [-0.2, 0) is 13.6 Å². The molecule has 0 fully saturated rings. The lowest BCUT2D eigenvalue weighted by molar-refractivity contribution is 0.0689. The van der Waals surface area contributed by atoms with E-state index in [9.17, 15) is 4.79 Å². The molecule has 0 atom stereocenters. The van der Waals surface area contributed by atoms with Crippen LogP contribution < -0.4 is 5.73 Å². The van der Waals surface area contributed by atoms with Crippen LogP contribution in [0.5, 0.6) is 0 Å². The summed E-state index contributed by atoms with van der Waals surface area (Å²) in [6.45, 7) is 4.13. The topological polar surface area (TPSA) is 81.1 Å². The largest absolute Gasteiger partial charge is 0.476 e. The van der Waals surface area contributed by atoms with Crippen LogP contribution in [0.15, 0.2) is 0 Å². The highest BCUT2D eigenvalue weighted by atomic mass is 16.4. The summed E-state index contributed by atoms with van der Waals surface area (Å²) in [5.74, 6) is -0.0748. The molecule has 0 aliphatic carbocycles. The quantitative estimate of drug-likeness (QED) is 0.747. The summed E-state index contributed by atoms with van der Waals surface area (Å²) < 4.78 is 1.76. The van der Waals surface area contributed by atoms with Crippen molar-refractivity contribution < 1.29 is 9.90 Å². The van der Waals surface area contributed by atoms with Crippen molar-refractivity contribution in [2.45, 2.75) is 26.3 Å². The second kappa shape index (κ2) is 3.79. The number of carboxylic acids is 1. The van der Waals surface area contributed by atoms with Gasteiger partial charge in [0.15, 0.2) is 5.69 Å². The van der Waals surface area contributed by atoms with Crippen molar-refractivity contribution in [1.29, 1.82) is 0 Å². The average Bonchev–Trinajstić information content (AvgIpc) is 2.42. The first-order chi connectivity index (χ1) is 6.49. The standard InChI is InChI=1S/C9H15N3O2/c1-5(2)8-11-7(9(13)14)6(4-10)12(8)3/h5H,4,10H2,1-3H3,(H,13,14). The minimum atomic E-state index is -1.02. The van der Waals surface area contributed by atoms with Crippen LogP contribution in [0.25, 0.3) is 0 Å². The molecule has 5 heteroatoms. The summed E-state index contributed by atoms with van der Waals surface area (Å²) in [6.07, 6.45) is 0. The van der Waals surface area contributed by atoms with Gasteiger partial charge in [0, 0.05) is 19.5 Å². The first-order valence-electron chi connectivity index (χ1n) is 4.47. The van der Waals surface area contributed by atoms with Gasteiger partial charge < -0.3 is 15.4 Å². The number of nitrogens with zero attached hydrogens (tertiary/aromatic N) is 2. The Bertz CT molecular complexity index is 355. The second-order valence-corrected chi connectivity index (χ2v) is 3.49. The van der Waals surface area contributed by atoms with E-state index >= 15 is 0 Å². The molecule has 1 aromatic rings. The number of aromatic nitrogens is 2. The van der Waals surface area contributed by atoms with Crippen LogP contribution in [-0.4, -0.2) is 20.6 Å². The van der Waals surface area contributed by atoms with E-state index in [4.69, 9.17) is 10.8 Å². The van der Waals surface area contributed by atoms with Gasteiger partial charge in [-0.2, -0.15) is 0 Å². The van der Waals surface area contributed by atoms with E-state index in [1.54, 1.807) is 11.6 Å². The van der Waals surface area contributed by atoms with E-state index in [0.717, 1.165) is 5.82 Å². The normalized spacial score (nSPS) is 10.9. The van der Waals surface area contributed by atoms with Gasteiger partial charge in [-0.1, -0.05) is 13.8 Å². The molecular formula is C9H15N3O2. The van der Waals surface area contributed by atoms with Crippen LogP contribution >= 0.6 is 0 Å². The number of carboxylic acid groups (broad SMARTS) is 1. The van der Waals surface area contributed by atoms with Gasteiger partial charge in [-0.05, 0) is 0 Å². The Hall–Kier alpha value is -1.36. The van der Waals surface area contributed by atoms with E-state index in [-0.39, 0.29) is 18.2 Å². The Balaban J connectivity index is 3.32. The van der Waals surface area contributed by atoms with Gasteiger partial charge in [0.2, 0.25) is 0 Å². The SMILES string of the molecule is CC(C)c1nc(C(=O)O)c(CN)n1C. The molecule has 78 valence electrons. The summed E-state index contributed by atoms with van der Waals surface area (Å²) in [6, 6.07) is 0. The molecule has 0 amide bonds. The highest BCUT2D eigenvalue weighted by Crippen LogP contribution is 2.17. The molecule has 0 aliphatic heterocycles. The second-order valence-electron chi connectivity index (χ2n) is 3.49. The highest BCUT2D eigenvalue weighted by Gasteiger charge is 2.19. The van der Waals surface area contributed by atoms with Crippen molar-refractivity contribution in [2.24, 2.45) is 12.8 Å². The van der Waals surface area contributed by atoms with Gasteiger partial charge >= 0.3 is 5.97 Å². The molecule has 1 aromatic heterocycles. The Morgan fingerprint density at radius 1 is 1.64 bits per heavy atom. The molecular weight excluding hydrogens is 182 g/mol. The third-order valence-corrected chi connectivity index (χ3v) is 2.16. The zero-order valence-electron chi connectivity index (χ0n) is 8.61. The van der Waals surface area contributed by atoms with E-state index in [2.05, 4.69) is 4.98 Å². The van der Waals surface area contributed by atoms with Crippen LogP contribution in [0.1, 0.15) is 41.8 Å². The number of imidazole rings is 1. The smallest absolute Gasteiger partial charge is 0.356 e. The fourth-order valence-corrected chi connectivity index (χ4v) is 1.47. The Morgan fingerprint density at radius 3 is 2.50 bits per heavy atom. The first-order valence-corrected chi connectivity index (χ1v) is 4.47. The highest BCUT2D eigenvalue weighted by molar-refractivity contribution is 5.86. The van der Waals surface area contributed by atoms with Gasteiger partial charge in [0.25, 0.3) is 0 Å². The van der Waals surface area contributed by atoms with E-state index in [1.165, 1.54) is 0 Å². The fourth-order valence-electron chi connectivity index (χ4n) is 1.47. The average molecular weight is 197 g/mol.